The Labute approximate surface area is 121 Å². The van der Waals surface area contributed by atoms with Gasteiger partial charge in [0.25, 0.3) is 0 Å². The molecule has 0 aromatic heterocycles. The fourth-order valence-corrected chi connectivity index (χ4v) is 2.61. The minimum Gasteiger partial charge on any atom is -0.478 e. The zero-order valence-electron chi connectivity index (χ0n) is 10.3. The summed E-state index contributed by atoms with van der Waals surface area (Å²) in [6, 6.07) is 2.69. The van der Waals surface area contributed by atoms with Crippen LogP contribution in [0.25, 0.3) is 0 Å². The van der Waals surface area contributed by atoms with E-state index in [4.69, 9.17) is 22.4 Å². The Hall–Kier alpha value is -1.93. The second-order valence-corrected chi connectivity index (χ2v) is 5.92. The van der Waals surface area contributed by atoms with Gasteiger partial charge in [0.15, 0.2) is 0 Å². The molecule has 0 bridgehead atoms. The quantitative estimate of drug-likeness (QED) is 0.754. The van der Waals surface area contributed by atoms with Crippen molar-refractivity contribution >= 4 is 40.3 Å². The minimum atomic E-state index is -1.85. The lowest BCUT2D eigenvalue weighted by Gasteiger charge is -2.11. The topological polar surface area (TPSA) is 127 Å². The average molecular weight is 319 g/mol. The molecule has 1 aromatic carbocycles. The van der Waals surface area contributed by atoms with E-state index in [2.05, 4.69) is 0 Å². The molecule has 7 nitrogen and oxygen atoms in total. The Morgan fingerprint density at radius 2 is 2.00 bits per heavy atom. The van der Waals surface area contributed by atoms with Gasteiger partial charge in [0.2, 0.25) is 5.91 Å². The van der Waals surface area contributed by atoms with Crippen molar-refractivity contribution in [1.82, 2.24) is 5.32 Å². The third kappa shape index (κ3) is 3.78. The van der Waals surface area contributed by atoms with Crippen molar-refractivity contribution in [3.8, 4) is 0 Å². The molecule has 0 radical (unpaired) electrons. The van der Waals surface area contributed by atoms with Crippen molar-refractivity contribution in [1.29, 1.82) is 0 Å². The van der Waals surface area contributed by atoms with Crippen LogP contribution in [-0.2, 0) is 15.6 Å². The van der Waals surface area contributed by atoms with Gasteiger partial charge in [-0.1, -0.05) is 11.6 Å². The van der Waals surface area contributed by atoms with Gasteiger partial charge in [-0.3, -0.25) is 14.3 Å². The molecule has 0 aliphatic heterocycles. The molecule has 2 atom stereocenters. The number of halogens is 1. The van der Waals surface area contributed by atoms with Crippen LogP contribution in [0.15, 0.2) is 23.1 Å². The average Bonchev–Trinajstić information content (AvgIpc) is 2.36. The summed E-state index contributed by atoms with van der Waals surface area (Å²) in [6.07, 6.45) is 0. The second-order valence-electron chi connectivity index (χ2n) is 3.74. The van der Waals surface area contributed by atoms with Crippen molar-refractivity contribution in [2.24, 2.45) is 5.73 Å². The standard InChI is InChI=1S/C11H11ClN2O5S/c1-5(9(15)14-11(13)18)20(19)6-2-3-8(12)7(4-6)10(16)17/h2-5H,1H3,(H,16,17)(H3,13,14,15,18). The van der Waals surface area contributed by atoms with Gasteiger partial charge in [0.1, 0.15) is 5.25 Å². The van der Waals surface area contributed by atoms with Gasteiger partial charge in [-0.05, 0) is 25.1 Å². The van der Waals surface area contributed by atoms with Gasteiger partial charge in [-0.25, -0.2) is 9.59 Å². The molecule has 1 aromatic rings. The number of hydrogen-bond donors (Lipinski definition) is 3. The van der Waals surface area contributed by atoms with Crippen molar-refractivity contribution in [2.75, 3.05) is 0 Å². The Kier molecular flexibility index (Phi) is 5.23. The predicted octanol–water partition coefficient (Wildman–Crippen LogP) is 0.729. The Morgan fingerprint density at radius 3 is 2.50 bits per heavy atom. The first kappa shape index (κ1) is 16.1. The van der Waals surface area contributed by atoms with Crippen LogP contribution in [0.1, 0.15) is 17.3 Å². The van der Waals surface area contributed by atoms with Crippen molar-refractivity contribution in [3.63, 3.8) is 0 Å². The molecule has 108 valence electrons. The number of aromatic carboxylic acids is 1. The van der Waals surface area contributed by atoms with Gasteiger partial charge < -0.3 is 10.8 Å². The fourth-order valence-electron chi connectivity index (χ4n) is 1.32. The first-order valence-electron chi connectivity index (χ1n) is 5.27. The summed E-state index contributed by atoms with van der Waals surface area (Å²) in [5, 5.41) is 9.64. The van der Waals surface area contributed by atoms with E-state index in [9.17, 15) is 18.6 Å². The van der Waals surface area contributed by atoms with Crippen molar-refractivity contribution < 1.29 is 23.7 Å². The largest absolute Gasteiger partial charge is 0.478 e. The molecule has 1 rings (SSSR count). The maximum absolute atomic E-state index is 12.1. The van der Waals surface area contributed by atoms with Gasteiger partial charge in [-0.2, -0.15) is 0 Å². The molecular formula is C11H11ClN2O5S. The number of carbonyl (C=O) groups excluding carboxylic acids is 2. The lowest BCUT2D eigenvalue weighted by molar-refractivity contribution is -0.119. The Bertz CT molecular complexity index is 604. The molecule has 0 heterocycles. The van der Waals surface area contributed by atoms with E-state index in [1.54, 1.807) is 5.32 Å². The zero-order chi connectivity index (χ0) is 15.4. The normalized spacial score (nSPS) is 13.3. The number of carbonyl (C=O) groups is 3. The Balaban J connectivity index is 3.03. The molecule has 0 fully saturated rings. The molecule has 0 aliphatic carbocycles. The molecule has 20 heavy (non-hydrogen) atoms. The van der Waals surface area contributed by atoms with E-state index in [1.165, 1.54) is 19.1 Å². The molecule has 0 saturated carbocycles. The number of benzene rings is 1. The van der Waals surface area contributed by atoms with Crippen LogP contribution in [0, 0.1) is 0 Å². The highest BCUT2D eigenvalue weighted by Crippen LogP contribution is 2.21. The van der Waals surface area contributed by atoms with Crippen LogP contribution in [0.3, 0.4) is 0 Å². The second kappa shape index (κ2) is 6.49. The van der Waals surface area contributed by atoms with Crippen LogP contribution >= 0.6 is 11.6 Å². The smallest absolute Gasteiger partial charge is 0.337 e. The number of carboxylic acids is 1. The highest BCUT2D eigenvalue weighted by molar-refractivity contribution is 7.86. The van der Waals surface area contributed by atoms with Crippen molar-refractivity contribution in [2.45, 2.75) is 17.1 Å². The molecule has 0 aliphatic rings. The summed E-state index contributed by atoms with van der Waals surface area (Å²) in [4.78, 5) is 33.1. The molecule has 4 N–H and O–H groups in total. The molecular weight excluding hydrogens is 308 g/mol. The fraction of sp³-hybridized carbons (Fsp3) is 0.182. The lowest BCUT2D eigenvalue weighted by Crippen LogP contribution is -2.42. The molecule has 0 saturated heterocycles. The number of carboxylic acid groups (broad SMARTS) is 1. The molecule has 0 spiro atoms. The van der Waals surface area contributed by atoms with E-state index in [1.807, 2.05) is 0 Å². The third-order valence-corrected chi connectivity index (χ3v) is 4.24. The SMILES string of the molecule is CC(C(=O)NC(N)=O)S(=O)c1ccc(Cl)c(C(=O)O)c1. The summed E-state index contributed by atoms with van der Waals surface area (Å²) < 4.78 is 12.1. The highest BCUT2D eigenvalue weighted by Gasteiger charge is 2.23. The predicted molar refractivity (Wildman–Crippen MR) is 72.0 cm³/mol. The number of imide groups is 1. The summed E-state index contributed by atoms with van der Waals surface area (Å²) >= 11 is 5.69. The summed E-state index contributed by atoms with van der Waals surface area (Å²) in [6.45, 7) is 1.32. The molecule has 3 amide bonds. The number of urea groups is 1. The number of rotatable bonds is 4. The number of nitrogens with one attached hydrogen (secondary N) is 1. The van der Waals surface area contributed by atoms with E-state index in [0.29, 0.717) is 0 Å². The monoisotopic (exact) mass is 318 g/mol. The minimum absolute atomic E-state index is 0.00695. The maximum Gasteiger partial charge on any atom is 0.337 e. The molecule has 9 heteroatoms. The van der Waals surface area contributed by atoms with Crippen LogP contribution < -0.4 is 11.1 Å². The van der Waals surface area contributed by atoms with Crippen LogP contribution in [0.5, 0.6) is 0 Å². The zero-order valence-corrected chi connectivity index (χ0v) is 11.8. The van der Waals surface area contributed by atoms with Crippen LogP contribution in [0.2, 0.25) is 5.02 Å². The van der Waals surface area contributed by atoms with Crippen LogP contribution in [0.4, 0.5) is 4.79 Å². The number of amides is 3. The van der Waals surface area contributed by atoms with Crippen LogP contribution in [-0.4, -0.2) is 32.5 Å². The number of hydrogen-bond acceptors (Lipinski definition) is 4. The van der Waals surface area contributed by atoms with Gasteiger partial charge >= 0.3 is 12.0 Å². The maximum atomic E-state index is 12.1. The van der Waals surface area contributed by atoms with E-state index in [-0.39, 0.29) is 15.5 Å². The van der Waals surface area contributed by atoms with Gasteiger partial charge in [0.05, 0.1) is 21.4 Å². The Morgan fingerprint density at radius 1 is 1.40 bits per heavy atom. The summed E-state index contributed by atoms with van der Waals surface area (Å²) in [7, 11) is -1.85. The van der Waals surface area contributed by atoms with Crippen molar-refractivity contribution in [3.05, 3.63) is 28.8 Å². The first-order chi connectivity index (χ1) is 9.23. The highest BCUT2D eigenvalue weighted by atomic mass is 35.5. The summed E-state index contributed by atoms with van der Waals surface area (Å²) in [5.41, 5.74) is 4.57. The van der Waals surface area contributed by atoms with E-state index < -0.39 is 34.0 Å². The first-order valence-corrected chi connectivity index (χ1v) is 6.87. The molecule has 2 unspecified atom stereocenters. The summed E-state index contributed by atoms with van der Waals surface area (Å²) in [5.74, 6) is -2.09. The number of primary amides is 1. The van der Waals surface area contributed by atoms with Gasteiger partial charge in [-0.15, -0.1) is 0 Å². The van der Waals surface area contributed by atoms with E-state index >= 15 is 0 Å². The van der Waals surface area contributed by atoms with E-state index in [0.717, 1.165) is 6.07 Å². The third-order valence-electron chi connectivity index (χ3n) is 2.34. The van der Waals surface area contributed by atoms with Gasteiger partial charge in [0, 0.05) is 4.90 Å². The number of nitrogens with two attached hydrogens (primary N) is 1. The lowest BCUT2D eigenvalue weighted by atomic mass is 10.2.